The molecule has 3 rings (SSSR count). The highest BCUT2D eigenvalue weighted by molar-refractivity contribution is 9.10. The van der Waals surface area contributed by atoms with Gasteiger partial charge in [0.15, 0.2) is 0 Å². The Labute approximate surface area is 165 Å². The van der Waals surface area contributed by atoms with E-state index in [0.29, 0.717) is 16.8 Å². The van der Waals surface area contributed by atoms with E-state index in [1.165, 1.54) is 0 Å². The minimum Gasteiger partial charge on any atom is -0.322 e. The number of halogens is 1. The number of anilines is 1. The fraction of sp³-hybridized carbons (Fsp3) is 0. The van der Waals surface area contributed by atoms with E-state index in [4.69, 9.17) is 0 Å². The highest BCUT2D eigenvalue weighted by atomic mass is 79.9. The Hall–Kier alpha value is -3.25. The van der Waals surface area contributed by atoms with Gasteiger partial charge in [0.25, 0.3) is 11.8 Å². The highest BCUT2D eigenvalue weighted by Crippen LogP contribution is 2.18. The highest BCUT2D eigenvalue weighted by Gasteiger charge is 2.10. The van der Waals surface area contributed by atoms with Gasteiger partial charge in [-0.25, -0.2) is 5.43 Å². The van der Waals surface area contributed by atoms with Gasteiger partial charge < -0.3 is 5.32 Å². The predicted molar refractivity (Wildman–Crippen MR) is 110 cm³/mol. The van der Waals surface area contributed by atoms with Crippen LogP contribution >= 0.6 is 15.9 Å². The second kappa shape index (κ2) is 8.91. The smallest absolute Gasteiger partial charge is 0.271 e. The van der Waals surface area contributed by atoms with E-state index in [2.05, 4.69) is 31.8 Å². The molecule has 0 saturated carbocycles. The monoisotopic (exact) mass is 421 g/mol. The summed E-state index contributed by atoms with van der Waals surface area (Å²) in [5.74, 6) is -0.557. The lowest BCUT2D eigenvalue weighted by Gasteiger charge is -2.07. The summed E-state index contributed by atoms with van der Waals surface area (Å²) < 4.78 is 0.717. The normalized spacial score (nSPS) is 10.6. The van der Waals surface area contributed by atoms with Gasteiger partial charge in [-0.3, -0.25) is 9.59 Å². The van der Waals surface area contributed by atoms with E-state index >= 15 is 0 Å². The van der Waals surface area contributed by atoms with Crippen molar-refractivity contribution in [1.29, 1.82) is 0 Å². The maximum Gasteiger partial charge on any atom is 0.271 e. The summed E-state index contributed by atoms with van der Waals surface area (Å²) >= 11 is 3.35. The van der Waals surface area contributed by atoms with Crippen LogP contribution in [-0.2, 0) is 0 Å². The fourth-order valence-electron chi connectivity index (χ4n) is 2.32. The molecule has 0 aliphatic heterocycles. The van der Waals surface area contributed by atoms with Crippen LogP contribution < -0.4 is 10.7 Å². The van der Waals surface area contributed by atoms with Gasteiger partial charge in [-0.2, -0.15) is 5.10 Å². The maximum atomic E-state index is 12.3. The molecule has 134 valence electrons. The third kappa shape index (κ3) is 5.12. The molecule has 0 aromatic heterocycles. The Kier molecular flexibility index (Phi) is 6.12. The first kappa shape index (κ1) is 18.5. The van der Waals surface area contributed by atoms with Crippen molar-refractivity contribution in [2.45, 2.75) is 0 Å². The van der Waals surface area contributed by atoms with Crippen molar-refractivity contribution in [3.8, 4) is 0 Å². The van der Waals surface area contributed by atoms with Crippen molar-refractivity contribution in [3.63, 3.8) is 0 Å². The first-order chi connectivity index (χ1) is 13.1. The first-order valence-corrected chi connectivity index (χ1v) is 8.97. The summed E-state index contributed by atoms with van der Waals surface area (Å²) in [6.45, 7) is 0. The Morgan fingerprint density at radius 2 is 1.48 bits per heavy atom. The van der Waals surface area contributed by atoms with Gasteiger partial charge in [-0.1, -0.05) is 42.5 Å². The zero-order valence-electron chi connectivity index (χ0n) is 14.2. The number of carbonyl (C=O) groups excluding carboxylic acids is 2. The molecule has 0 heterocycles. The number of benzene rings is 3. The minimum absolute atomic E-state index is 0.230. The van der Waals surface area contributed by atoms with Gasteiger partial charge in [-0.05, 0) is 57.9 Å². The fourth-order valence-corrected chi connectivity index (χ4v) is 2.78. The van der Waals surface area contributed by atoms with Crippen molar-refractivity contribution < 1.29 is 9.59 Å². The van der Waals surface area contributed by atoms with E-state index in [9.17, 15) is 9.59 Å². The van der Waals surface area contributed by atoms with Crippen molar-refractivity contribution in [3.05, 3.63) is 100 Å². The van der Waals surface area contributed by atoms with Crippen molar-refractivity contribution in [2.75, 3.05) is 5.32 Å². The zero-order valence-corrected chi connectivity index (χ0v) is 15.8. The molecule has 3 aromatic carbocycles. The number of nitrogens with one attached hydrogen (secondary N) is 2. The van der Waals surface area contributed by atoms with Gasteiger partial charge in [0, 0.05) is 15.7 Å². The van der Waals surface area contributed by atoms with Gasteiger partial charge >= 0.3 is 0 Å². The van der Waals surface area contributed by atoms with Gasteiger partial charge in [0.2, 0.25) is 0 Å². The molecular formula is C21H16BrN3O2. The number of amides is 2. The molecule has 0 fully saturated rings. The van der Waals surface area contributed by atoms with Crippen LogP contribution in [0, 0.1) is 0 Å². The molecule has 0 atom stereocenters. The van der Waals surface area contributed by atoms with E-state index in [1.54, 1.807) is 48.7 Å². The second-order valence-corrected chi connectivity index (χ2v) is 6.48. The average Bonchev–Trinajstić information content (AvgIpc) is 2.69. The van der Waals surface area contributed by atoms with Crippen molar-refractivity contribution in [2.24, 2.45) is 5.10 Å². The van der Waals surface area contributed by atoms with Crippen LogP contribution in [-0.4, -0.2) is 18.0 Å². The molecule has 0 unspecified atom stereocenters. The quantitative estimate of drug-likeness (QED) is 0.471. The molecule has 0 saturated heterocycles. The molecule has 0 aliphatic rings. The Balaban J connectivity index is 1.59. The number of hydrogen-bond acceptors (Lipinski definition) is 3. The molecule has 2 N–H and O–H groups in total. The number of carbonyl (C=O) groups is 2. The molecule has 0 spiro atoms. The summed E-state index contributed by atoms with van der Waals surface area (Å²) in [6, 6.07) is 23.2. The Morgan fingerprint density at radius 1 is 0.815 bits per heavy atom. The summed E-state index contributed by atoms with van der Waals surface area (Å²) in [5, 5.41) is 6.74. The minimum atomic E-state index is -0.328. The lowest BCUT2D eigenvalue weighted by atomic mass is 10.1. The van der Waals surface area contributed by atoms with Gasteiger partial charge in [-0.15, -0.1) is 0 Å². The molecule has 5 nitrogen and oxygen atoms in total. The van der Waals surface area contributed by atoms with Crippen molar-refractivity contribution in [1.82, 2.24) is 5.43 Å². The van der Waals surface area contributed by atoms with Crippen LogP contribution in [0.5, 0.6) is 0 Å². The SMILES string of the molecule is O=C(N/N=C/c1ccccc1)c1ccc(NC(=O)c2ccccc2Br)cc1. The van der Waals surface area contributed by atoms with Crippen molar-refractivity contribution >= 4 is 39.6 Å². The zero-order chi connectivity index (χ0) is 19.1. The number of hydrogen-bond donors (Lipinski definition) is 2. The van der Waals surface area contributed by atoms with Crippen LogP contribution in [0.4, 0.5) is 5.69 Å². The molecule has 0 bridgehead atoms. The van der Waals surface area contributed by atoms with Crippen LogP contribution in [0.15, 0.2) is 88.4 Å². The molecule has 2 amide bonds. The third-order valence-corrected chi connectivity index (χ3v) is 4.39. The maximum absolute atomic E-state index is 12.3. The summed E-state index contributed by atoms with van der Waals surface area (Å²) in [7, 11) is 0. The molecule has 3 aromatic rings. The van der Waals surface area contributed by atoms with E-state index < -0.39 is 0 Å². The van der Waals surface area contributed by atoms with Crippen LogP contribution in [0.25, 0.3) is 0 Å². The summed E-state index contributed by atoms with van der Waals surface area (Å²) in [4.78, 5) is 24.4. The van der Waals surface area contributed by atoms with Crippen LogP contribution in [0.2, 0.25) is 0 Å². The number of nitrogens with zero attached hydrogens (tertiary/aromatic N) is 1. The molecule has 27 heavy (non-hydrogen) atoms. The molecule has 0 aliphatic carbocycles. The van der Waals surface area contributed by atoms with Gasteiger partial charge in [0.1, 0.15) is 0 Å². The average molecular weight is 422 g/mol. The van der Waals surface area contributed by atoms with E-state index in [1.807, 2.05) is 36.4 Å². The van der Waals surface area contributed by atoms with E-state index in [0.717, 1.165) is 10.0 Å². The topological polar surface area (TPSA) is 70.6 Å². The first-order valence-electron chi connectivity index (χ1n) is 8.18. The molecule has 6 heteroatoms. The van der Waals surface area contributed by atoms with E-state index in [-0.39, 0.29) is 11.8 Å². The predicted octanol–water partition coefficient (Wildman–Crippen LogP) is 4.47. The number of rotatable bonds is 5. The van der Waals surface area contributed by atoms with Gasteiger partial charge in [0.05, 0.1) is 11.8 Å². The molecular weight excluding hydrogens is 406 g/mol. The number of hydrazone groups is 1. The van der Waals surface area contributed by atoms with Crippen LogP contribution in [0.3, 0.4) is 0 Å². The standard InChI is InChI=1S/C21H16BrN3O2/c22-19-9-5-4-8-18(19)21(27)24-17-12-10-16(11-13-17)20(26)25-23-14-15-6-2-1-3-7-15/h1-14H,(H,24,27)(H,25,26)/b23-14+. The third-order valence-electron chi connectivity index (χ3n) is 3.70. The Morgan fingerprint density at radius 3 is 2.19 bits per heavy atom. The lowest BCUT2D eigenvalue weighted by molar-refractivity contribution is 0.0954. The molecule has 0 radical (unpaired) electrons. The summed E-state index contributed by atoms with van der Waals surface area (Å²) in [6.07, 6.45) is 1.57. The summed E-state index contributed by atoms with van der Waals surface area (Å²) in [5.41, 5.74) is 4.95. The largest absolute Gasteiger partial charge is 0.322 e. The lowest BCUT2D eigenvalue weighted by Crippen LogP contribution is -2.18. The Bertz CT molecular complexity index is 970. The second-order valence-electron chi connectivity index (χ2n) is 5.62. The van der Waals surface area contributed by atoms with Crippen LogP contribution in [0.1, 0.15) is 26.3 Å².